The molecule has 16 heavy (non-hydrogen) atoms. The van der Waals surface area contributed by atoms with Crippen LogP contribution in [-0.2, 0) is 4.74 Å². The van der Waals surface area contributed by atoms with E-state index in [0.717, 1.165) is 52.1 Å². The lowest BCUT2D eigenvalue weighted by atomic mass is 9.92. The van der Waals surface area contributed by atoms with E-state index < -0.39 is 0 Å². The van der Waals surface area contributed by atoms with E-state index in [2.05, 4.69) is 11.0 Å². The summed E-state index contributed by atoms with van der Waals surface area (Å²) >= 11 is 0. The Bertz CT molecular complexity index is 242. The first kappa shape index (κ1) is 12.1. The normalized spacial score (nSPS) is 26.5. The van der Waals surface area contributed by atoms with Gasteiger partial charge in [-0.2, -0.15) is 0 Å². The Kier molecular flexibility index (Phi) is 4.38. The third-order valence-electron chi connectivity index (χ3n) is 3.72. The molecule has 1 N–H and O–H groups in total. The lowest BCUT2D eigenvalue weighted by Crippen LogP contribution is -2.38. The van der Waals surface area contributed by atoms with Crippen LogP contribution in [0.4, 0.5) is 0 Å². The number of aliphatic hydroxyl groups is 1. The zero-order valence-corrected chi connectivity index (χ0v) is 10.2. The van der Waals surface area contributed by atoms with E-state index in [4.69, 9.17) is 4.74 Å². The van der Waals surface area contributed by atoms with E-state index in [9.17, 15) is 5.11 Å². The molecule has 3 heteroatoms. The Labute approximate surface area is 98.1 Å². The van der Waals surface area contributed by atoms with Crippen molar-refractivity contribution in [3.63, 3.8) is 0 Å². The Morgan fingerprint density at radius 2 is 2.25 bits per heavy atom. The molecule has 0 radical (unpaired) electrons. The smallest absolute Gasteiger partial charge is 0.0689 e. The fourth-order valence-electron chi connectivity index (χ4n) is 2.60. The van der Waals surface area contributed by atoms with Crippen LogP contribution in [0.1, 0.15) is 26.2 Å². The Balaban J connectivity index is 1.74. The molecule has 0 aliphatic carbocycles. The number of rotatable bonds is 3. The number of aliphatic hydroxyl groups excluding tert-OH is 1. The highest BCUT2D eigenvalue weighted by atomic mass is 16.5. The second kappa shape index (κ2) is 5.80. The minimum absolute atomic E-state index is 0.139. The molecular weight excluding hydrogens is 202 g/mol. The van der Waals surface area contributed by atoms with Gasteiger partial charge in [0.2, 0.25) is 0 Å². The molecule has 0 aromatic carbocycles. The van der Waals surface area contributed by atoms with E-state index >= 15 is 0 Å². The van der Waals surface area contributed by atoms with Gasteiger partial charge in [-0.1, -0.05) is 6.08 Å². The second-order valence-electron chi connectivity index (χ2n) is 5.06. The zero-order chi connectivity index (χ0) is 11.4. The van der Waals surface area contributed by atoms with Crippen molar-refractivity contribution < 1.29 is 9.84 Å². The van der Waals surface area contributed by atoms with E-state index in [1.807, 2.05) is 6.92 Å². The first-order valence-electron chi connectivity index (χ1n) is 6.42. The number of piperidine rings is 1. The molecule has 3 nitrogen and oxygen atoms in total. The van der Waals surface area contributed by atoms with E-state index in [1.54, 1.807) is 0 Å². The topological polar surface area (TPSA) is 32.7 Å². The fourth-order valence-corrected chi connectivity index (χ4v) is 2.60. The largest absolute Gasteiger partial charge is 0.393 e. The van der Waals surface area contributed by atoms with Gasteiger partial charge in [0, 0.05) is 6.54 Å². The highest BCUT2D eigenvalue weighted by Crippen LogP contribution is 2.21. The van der Waals surface area contributed by atoms with Crippen LogP contribution in [0.25, 0.3) is 0 Å². The van der Waals surface area contributed by atoms with Gasteiger partial charge in [-0.15, -0.1) is 0 Å². The number of likely N-dealkylation sites (tertiary alicyclic amines) is 1. The van der Waals surface area contributed by atoms with Crippen LogP contribution in [0.3, 0.4) is 0 Å². The lowest BCUT2D eigenvalue weighted by molar-refractivity contribution is 0.0718. The molecule has 0 aromatic rings. The summed E-state index contributed by atoms with van der Waals surface area (Å²) in [6, 6.07) is 0. The summed E-state index contributed by atoms with van der Waals surface area (Å²) < 4.78 is 5.45. The molecule has 2 rings (SSSR count). The third kappa shape index (κ3) is 3.30. The van der Waals surface area contributed by atoms with Crippen molar-refractivity contribution in [3.05, 3.63) is 11.6 Å². The van der Waals surface area contributed by atoms with Gasteiger partial charge in [-0.3, -0.25) is 4.90 Å². The minimum Gasteiger partial charge on any atom is -0.393 e. The zero-order valence-electron chi connectivity index (χ0n) is 10.2. The molecule has 1 fully saturated rings. The van der Waals surface area contributed by atoms with Gasteiger partial charge in [-0.05, 0) is 50.8 Å². The first-order chi connectivity index (χ1) is 7.75. The Morgan fingerprint density at radius 1 is 1.50 bits per heavy atom. The molecule has 0 amide bonds. The Morgan fingerprint density at radius 3 is 2.81 bits per heavy atom. The van der Waals surface area contributed by atoms with Gasteiger partial charge in [-0.25, -0.2) is 0 Å². The summed E-state index contributed by atoms with van der Waals surface area (Å²) in [5, 5.41) is 9.53. The van der Waals surface area contributed by atoms with Crippen molar-refractivity contribution in [3.8, 4) is 0 Å². The van der Waals surface area contributed by atoms with Gasteiger partial charge in [0.15, 0.2) is 0 Å². The molecule has 2 aliphatic heterocycles. The maximum Gasteiger partial charge on any atom is 0.0689 e. The minimum atomic E-state index is -0.139. The lowest BCUT2D eigenvalue weighted by Gasteiger charge is -2.34. The van der Waals surface area contributed by atoms with E-state index in [1.165, 1.54) is 5.57 Å². The molecule has 2 aliphatic rings. The third-order valence-corrected chi connectivity index (χ3v) is 3.72. The summed E-state index contributed by atoms with van der Waals surface area (Å²) in [6.45, 7) is 6.91. The molecule has 0 saturated carbocycles. The van der Waals surface area contributed by atoms with Gasteiger partial charge in [0.1, 0.15) is 0 Å². The van der Waals surface area contributed by atoms with Crippen LogP contribution >= 0.6 is 0 Å². The molecule has 1 unspecified atom stereocenters. The maximum absolute atomic E-state index is 9.53. The van der Waals surface area contributed by atoms with Crippen molar-refractivity contribution in [2.45, 2.75) is 32.3 Å². The summed E-state index contributed by atoms with van der Waals surface area (Å²) in [5.74, 6) is 0.507. The van der Waals surface area contributed by atoms with Gasteiger partial charge in [0.05, 0.1) is 19.3 Å². The predicted octanol–water partition coefficient (Wildman–Crippen LogP) is 1.43. The average molecular weight is 225 g/mol. The highest BCUT2D eigenvalue weighted by Gasteiger charge is 2.23. The van der Waals surface area contributed by atoms with Gasteiger partial charge < -0.3 is 9.84 Å². The van der Waals surface area contributed by atoms with Gasteiger partial charge >= 0.3 is 0 Å². The van der Waals surface area contributed by atoms with Crippen molar-refractivity contribution in [2.75, 3.05) is 32.8 Å². The first-order valence-corrected chi connectivity index (χ1v) is 6.42. The number of hydrogen-bond donors (Lipinski definition) is 1. The maximum atomic E-state index is 9.53. The molecule has 0 bridgehead atoms. The van der Waals surface area contributed by atoms with Crippen LogP contribution in [-0.4, -0.2) is 49.0 Å². The van der Waals surface area contributed by atoms with Crippen molar-refractivity contribution in [1.29, 1.82) is 0 Å². The SMILES string of the molecule is CC(O)C1CCN(CC2=CCCOC2)CC1. The van der Waals surface area contributed by atoms with Crippen molar-refractivity contribution in [2.24, 2.45) is 5.92 Å². The highest BCUT2D eigenvalue weighted by molar-refractivity contribution is 5.07. The van der Waals surface area contributed by atoms with Crippen LogP contribution in [0.2, 0.25) is 0 Å². The van der Waals surface area contributed by atoms with E-state index in [-0.39, 0.29) is 6.10 Å². The molecular formula is C13H23NO2. The van der Waals surface area contributed by atoms with Crippen LogP contribution < -0.4 is 0 Å². The predicted molar refractivity (Wildman–Crippen MR) is 64.4 cm³/mol. The Hall–Kier alpha value is -0.380. The molecule has 92 valence electrons. The van der Waals surface area contributed by atoms with Crippen LogP contribution in [0.5, 0.6) is 0 Å². The second-order valence-corrected chi connectivity index (χ2v) is 5.06. The summed E-state index contributed by atoms with van der Waals surface area (Å²) in [7, 11) is 0. The molecule has 0 aromatic heterocycles. The molecule has 1 atom stereocenters. The summed E-state index contributed by atoms with van der Waals surface area (Å²) in [5.41, 5.74) is 1.43. The standard InChI is InChI=1S/C13H23NO2/c1-11(15)13-4-6-14(7-5-13)9-12-3-2-8-16-10-12/h3,11,13,15H,2,4-10H2,1H3. The van der Waals surface area contributed by atoms with E-state index in [0.29, 0.717) is 5.92 Å². The number of ether oxygens (including phenoxy) is 1. The number of hydrogen-bond acceptors (Lipinski definition) is 3. The average Bonchev–Trinajstić information content (AvgIpc) is 2.31. The quantitative estimate of drug-likeness (QED) is 0.737. The summed E-state index contributed by atoms with van der Waals surface area (Å²) in [6.07, 6.45) is 5.51. The summed E-state index contributed by atoms with van der Waals surface area (Å²) in [4.78, 5) is 2.49. The van der Waals surface area contributed by atoms with Gasteiger partial charge in [0.25, 0.3) is 0 Å². The fraction of sp³-hybridized carbons (Fsp3) is 0.846. The molecule has 1 saturated heterocycles. The molecule has 0 spiro atoms. The van der Waals surface area contributed by atoms with Crippen LogP contribution in [0.15, 0.2) is 11.6 Å². The molecule has 2 heterocycles. The van der Waals surface area contributed by atoms with Crippen molar-refractivity contribution >= 4 is 0 Å². The monoisotopic (exact) mass is 225 g/mol. The number of nitrogens with zero attached hydrogens (tertiary/aromatic N) is 1. The van der Waals surface area contributed by atoms with Crippen molar-refractivity contribution in [1.82, 2.24) is 4.90 Å². The van der Waals surface area contributed by atoms with Crippen LogP contribution in [0, 0.1) is 5.92 Å².